The third kappa shape index (κ3) is 11.9. The lowest BCUT2D eigenvalue weighted by molar-refractivity contribution is 0.0730. The molecule has 2 aromatic carbocycles. The standard InChI is InChI=1S/C25H33ClN4O2Si.C19H19ClN4O.CH4.ClH/c1-33(2,3)15-14-32-17-30-25(19-6-10-21(31)11-7-19)23(22-12-13-27-16-28-22)24(29-30)18-4-8-20(26)9-5-18;20-14-5-1-12(2-6-14)18-17(16-9-10-21-11-22-16)19(24-23-18)13-3-7-15(25)8-4-13;;/h4-5,8-9,12-13,16,19,21,31H,6-7,10-11,14-15,17H2,1-3H3;1-2,5-6,9-11,13,15,25H,3-4,7-8H2,(H,23,24);1H4;1H. The molecule has 8 rings (SSSR count). The van der Waals surface area contributed by atoms with Crippen LogP contribution in [-0.2, 0) is 11.5 Å². The summed E-state index contributed by atoms with van der Waals surface area (Å²) in [6, 6.07) is 20.4. The van der Waals surface area contributed by atoms with E-state index in [0.717, 1.165) is 120 Å². The van der Waals surface area contributed by atoms with Crippen molar-refractivity contribution in [3.8, 4) is 45.0 Å². The van der Waals surface area contributed by atoms with Gasteiger partial charge in [0.1, 0.15) is 30.8 Å². The van der Waals surface area contributed by atoms with Crippen molar-refractivity contribution in [1.82, 2.24) is 39.9 Å². The summed E-state index contributed by atoms with van der Waals surface area (Å²) in [5.41, 5.74) is 9.72. The number of nitrogens with zero attached hydrogens (tertiary/aromatic N) is 7. The van der Waals surface area contributed by atoms with Gasteiger partial charge in [-0.2, -0.15) is 10.2 Å². The van der Waals surface area contributed by atoms with Crippen LogP contribution in [0.4, 0.5) is 0 Å². The molecule has 0 saturated heterocycles. The molecule has 3 N–H and O–H groups in total. The Balaban J connectivity index is 0.000000228. The lowest BCUT2D eigenvalue weighted by Crippen LogP contribution is -2.23. The van der Waals surface area contributed by atoms with Crippen molar-refractivity contribution in [2.75, 3.05) is 6.61 Å². The van der Waals surface area contributed by atoms with Crippen LogP contribution in [0.5, 0.6) is 0 Å². The minimum atomic E-state index is -1.18. The Morgan fingerprint density at radius 1 is 0.700 bits per heavy atom. The zero-order chi connectivity index (χ0) is 40.6. The first kappa shape index (κ1) is 47.0. The van der Waals surface area contributed by atoms with Gasteiger partial charge in [-0.1, -0.05) is 74.5 Å². The number of benzene rings is 2. The summed E-state index contributed by atoms with van der Waals surface area (Å²) in [4.78, 5) is 17.2. The van der Waals surface area contributed by atoms with E-state index in [4.69, 9.17) is 33.0 Å². The molecule has 2 aliphatic rings. The molecule has 0 radical (unpaired) electrons. The van der Waals surface area contributed by atoms with E-state index in [1.165, 1.54) is 0 Å². The largest absolute Gasteiger partial charge is 0.393 e. The first-order chi connectivity index (χ1) is 28.0. The van der Waals surface area contributed by atoms with Crippen molar-refractivity contribution in [3.63, 3.8) is 0 Å². The van der Waals surface area contributed by atoms with Crippen molar-refractivity contribution in [2.45, 2.75) is 115 Å². The van der Waals surface area contributed by atoms with E-state index < -0.39 is 8.07 Å². The zero-order valence-electron chi connectivity index (χ0n) is 33.8. The highest BCUT2D eigenvalue weighted by molar-refractivity contribution is 6.76. The molecule has 0 amide bonds. The molecule has 15 heteroatoms. The Hall–Kier alpha value is -4.01. The topological polar surface area (TPSA) is 148 Å². The molecule has 0 atom stereocenters. The number of hydrogen-bond donors (Lipinski definition) is 3. The average molecular weight is 892 g/mol. The number of halogens is 3. The van der Waals surface area contributed by atoms with Gasteiger partial charge in [-0.25, -0.2) is 24.6 Å². The predicted molar refractivity (Wildman–Crippen MR) is 246 cm³/mol. The van der Waals surface area contributed by atoms with Gasteiger partial charge in [0.2, 0.25) is 0 Å². The average Bonchev–Trinajstić information content (AvgIpc) is 3.84. The third-order valence-electron chi connectivity index (χ3n) is 11.1. The van der Waals surface area contributed by atoms with E-state index in [1.54, 1.807) is 25.0 Å². The second-order valence-electron chi connectivity index (χ2n) is 16.5. The van der Waals surface area contributed by atoms with Crippen LogP contribution in [0.1, 0.15) is 82.0 Å². The van der Waals surface area contributed by atoms with Gasteiger partial charge in [0.25, 0.3) is 0 Å². The fraction of sp³-hybridized carbons (Fsp3) is 0.422. The lowest BCUT2D eigenvalue weighted by atomic mass is 9.83. The second kappa shape index (κ2) is 21.7. The highest BCUT2D eigenvalue weighted by Gasteiger charge is 2.31. The molecule has 2 aliphatic carbocycles. The molecule has 60 heavy (non-hydrogen) atoms. The Labute approximate surface area is 370 Å². The number of aliphatic hydroxyl groups excluding tert-OH is 2. The summed E-state index contributed by atoms with van der Waals surface area (Å²) in [6.45, 7) is 8.21. The van der Waals surface area contributed by atoms with Crippen molar-refractivity contribution < 1.29 is 14.9 Å². The molecule has 0 bridgehead atoms. The number of aliphatic hydroxyl groups is 2. The maximum atomic E-state index is 10.1. The fourth-order valence-electron chi connectivity index (χ4n) is 7.90. The zero-order valence-corrected chi connectivity index (χ0v) is 37.1. The van der Waals surface area contributed by atoms with E-state index in [0.29, 0.717) is 22.7 Å². The van der Waals surface area contributed by atoms with Crippen molar-refractivity contribution in [1.29, 1.82) is 0 Å². The summed E-state index contributed by atoms with van der Waals surface area (Å²) in [5.74, 6) is 0.634. The molecule has 0 unspecified atom stereocenters. The number of ether oxygens (including phenoxy) is 1. The monoisotopic (exact) mass is 890 g/mol. The fourth-order valence-corrected chi connectivity index (χ4v) is 8.91. The molecule has 11 nitrogen and oxygen atoms in total. The SMILES string of the molecule is C.C[Si](C)(C)CCOCn1nc(-c2ccc(Cl)cc2)c(-c2ccncn2)c1C1CCC(O)CC1.Cl.OC1CCC(c2[nH]nc(-c3ccc(Cl)cc3)c2-c2ccncn2)CC1. The van der Waals surface area contributed by atoms with E-state index in [1.807, 2.05) is 65.3 Å². The first-order valence-corrected chi connectivity index (χ1v) is 24.7. The molecule has 4 aromatic heterocycles. The Morgan fingerprint density at radius 2 is 1.20 bits per heavy atom. The van der Waals surface area contributed by atoms with E-state index in [9.17, 15) is 10.2 Å². The van der Waals surface area contributed by atoms with Crippen molar-refractivity contribution in [2.24, 2.45) is 0 Å². The van der Waals surface area contributed by atoms with Crippen molar-refractivity contribution >= 4 is 43.7 Å². The van der Waals surface area contributed by atoms with Crippen LogP contribution in [0.3, 0.4) is 0 Å². The summed E-state index contributed by atoms with van der Waals surface area (Å²) >= 11 is 12.2. The Kier molecular flexibility index (Phi) is 17.0. The molecule has 0 spiro atoms. The third-order valence-corrected chi connectivity index (χ3v) is 13.3. The van der Waals surface area contributed by atoms with Crippen molar-refractivity contribution in [3.05, 3.63) is 107 Å². The van der Waals surface area contributed by atoms with E-state index in [-0.39, 0.29) is 38.0 Å². The summed E-state index contributed by atoms with van der Waals surface area (Å²) < 4.78 is 8.16. The lowest BCUT2D eigenvalue weighted by Gasteiger charge is -2.27. The van der Waals surface area contributed by atoms with E-state index in [2.05, 4.69) is 49.8 Å². The normalized spacial score (nSPS) is 19.1. The number of aromatic nitrogens is 8. The minimum absolute atomic E-state index is 0. The van der Waals surface area contributed by atoms with Crippen LogP contribution in [0, 0.1) is 0 Å². The number of aromatic amines is 1. The Bertz CT molecular complexity index is 2200. The first-order valence-electron chi connectivity index (χ1n) is 20.2. The smallest absolute Gasteiger partial charge is 0.139 e. The van der Waals surface area contributed by atoms with Gasteiger partial charge in [-0.15, -0.1) is 12.4 Å². The molecule has 320 valence electrons. The van der Waals surface area contributed by atoms with Gasteiger partial charge in [-0.3, -0.25) is 5.10 Å². The highest BCUT2D eigenvalue weighted by Crippen LogP contribution is 2.43. The number of H-pyrrole nitrogens is 1. The molecule has 4 heterocycles. The number of hydrogen-bond acceptors (Lipinski definition) is 9. The molecular weight excluding hydrogens is 835 g/mol. The summed E-state index contributed by atoms with van der Waals surface area (Å²) in [5, 5.41) is 34.2. The van der Waals surface area contributed by atoms with Gasteiger partial charge in [-0.05, 0) is 93.8 Å². The van der Waals surface area contributed by atoms with Crippen LogP contribution < -0.4 is 0 Å². The molecule has 2 fully saturated rings. The number of nitrogens with one attached hydrogen (secondary N) is 1. The van der Waals surface area contributed by atoms with Crippen LogP contribution >= 0.6 is 35.6 Å². The number of rotatable bonds is 11. The molecule has 6 aromatic rings. The maximum absolute atomic E-state index is 10.1. The predicted octanol–water partition coefficient (Wildman–Crippen LogP) is 11.3. The highest BCUT2D eigenvalue weighted by atomic mass is 35.5. The van der Waals surface area contributed by atoms with Gasteiger partial charge < -0.3 is 14.9 Å². The summed E-state index contributed by atoms with van der Waals surface area (Å²) in [6.07, 6.45) is 13.2. The van der Waals surface area contributed by atoms with Gasteiger partial charge >= 0.3 is 0 Å². The van der Waals surface area contributed by atoms with Gasteiger partial charge in [0, 0.05) is 76.9 Å². The molecule has 2 saturated carbocycles. The van der Waals surface area contributed by atoms with Crippen LogP contribution in [0.25, 0.3) is 45.0 Å². The van der Waals surface area contributed by atoms with Gasteiger partial charge in [0.05, 0.1) is 29.3 Å². The van der Waals surface area contributed by atoms with Crippen LogP contribution in [0.2, 0.25) is 35.7 Å². The summed E-state index contributed by atoms with van der Waals surface area (Å²) in [7, 11) is -1.18. The van der Waals surface area contributed by atoms with Gasteiger partial charge in [0.15, 0.2) is 0 Å². The molecular formula is C45H57Cl3N8O3Si. The van der Waals surface area contributed by atoms with Crippen LogP contribution in [-0.4, -0.2) is 77.0 Å². The van der Waals surface area contributed by atoms with E-state index >= 15 is 0 Å². The minimum Gasteiger partial charge on any atom is -0.393 e. The quantitative estimate of drug-likeness (QED) is 0.0854. The molecule has 0 aliphatic heterocycles. The Morgan fingerprint density at radius 3 is 1.70 bits per heavy atom. The maximum Gasteiger partial charge on any atom is 0.139 e. The van der Waals surface area contributed by atoms with Crippen LogP contribution in [0.15, 0.2) is 85.7 Å². The second-order valence-corrected chi connectivity index (χ2v) is 23.0.